The minimum atomic E-state index is 0.640. The Kier molecular flexibility index (Phi) is 8.72. The number of unbranched alkanes of at least 4 members (excludes halogenated alkanes) is 3. The van der Waals surface area contributed by atoms with Gasteiger partial charge in [0.2, 0.25) is 0 Å². The largest absolute Gasteiger partial charge is 0.315 e. The molecule has 114 valence electrons. The second-order valence-corrected chi connectivity index (χ2v) is 6.97. The number of rotatable bonds is 12. The van der Waals surface area contributed by atoms with E-state index in [4.69, 9.17) is 0 Å². The lowest BCUT2D eigenvalue weighted by Gasteiger charge is -2.22. The summed E-state index contributed by atoms with van der Waals surface area (Å²) in [5, 5.41) is 3.50. The summed E-state index contributed by atoms with van der Waals surface area (Å²) in [5.41, 5.74) is 0. The molecule has 1 saturated carbocycles. The van der Waals surface area contributed by atoms with Crippen LogP contribution in [0.2, 0.25) is 0 Å². The molecular weight excluding hydrogens is 232 g/mol. The van der Waals surface area contributed by atoms with Crippen LogP contribution in [0.3, 0.4) is 0 Å². The van der Waals surface area contributed by atoms with Crippen LogP contribution < -0.4 is 5.32 Å². The SMILES string of the molecule is CC(C)CCN(CCCCCCNC(C)C)C1CC1. The summed E-state index contributed by atoms with van der Waals surface area (Å²) in [4.78, 5) is 2.76. The highest BCUT2D eigenvalue weighted by molar-refractivity contribution is 4.84. The van der Waals surface area contributed by atoms with Crippen LogP contribution in [0.25, 0.3) is 0 Å². The fraction of sp³-hybridized carbons (Fsp3) is 1.00. The summed E-state index contributed by atoms with van der Waals surface area (Å²) < 4.78 is 0. The Hall–Kier alpha value is -0.0800. The van der Waals surface area contributed by atoms with Crippen LogP contribution in [-0.2, 0) is 0 Å². The maximum atomic E-state index is 3.50. The zero-order valence-corrected chi connectivity index (χ0v) is 13.8. The van der Waals surface area contributed by atoms with Crippen molar-refractivity contribution in [2.75, 3.05) is 19.6 Å². The van der Waals surface area contributed by atoms with E-state index in [-0.39, 0.29) is 0 Å². The van der Waals surface area contributed by atoms with Crippen LogP contribution in [-0.4, -0.2) is 36.6 Å². The summed E-state index contributed by atoms with van der Waals surface area (Å²) in [7, 11) is 0. The van der Waals surface area contributed by atoms with Gasteiger partial charge in [0.15, 0.2) is 0 Å². The monoisotopic (exact) mass is 268 g/mol. The van der Waals surface area contributed by atoms with Crippen LogP contribution in [0.5, 0.6) is 0 Å². The Morgan fingerprint density at radius 2 is 1.63 bits per heavy atom. The molecule has 1 N–H and O–H groups in total. The maximum absolute atomic E-state index is 3.50. The van der Waals surface area contributed by atoms with E-state index in [1.54, 1.807) is 0 Å². The lowest BCUT2D eigenvalue weighted by molar-refractivity contribution is 0.242. The molecule has 0 radical (unpaired) electrons. The van der Waals surface area contributed by atoms with Crippen LogP contribution in [0.1, 0.15) is 72.6 Å². The van der Waals surface area contributed by atoms with Gasteiger partial charge in [-0.3, -0.25) is 0 Å². The number of nitrogens with one attached hydrogen (secondary N) is 1. The maximum Gasteiger partial charge on any atom is 0.00964 e. The summed E-state index contributed by atoms with van der Waals surface area (Å²) in [6.45, 7) is 13.0. The molecule has 0 amide bonds. The van der Waals surface area contributed by atoms with Gasteiger partial charge in [-0.05, 0) is 57.7 Å². The van der Waals surface area contributed by atoms with Crippen molar-refractivity contribution in [3.05, 3.63) is 0 Å². The van der Waals surface area contributed by atoms with E-state index in [1.165, 1.54) is 64.6 Å². The molecule has 0 spiro atoms. The van der Waals surface area contributed by atoms with Crippen molar-refractivity contribution in [2.45, 2.75) is 84.7 Å². The molecule has 0 aliphatic heterocycles. The molecule has 0 saturated heterocycles. The molecule has 0 heterocycles. The molecular formula is C17H36N2. The minimum absolute atomic E-state index is 0.640. The lowest BCUT2D eigenvalue weighted by atomic mass is 10.1. The van der Waals surface area contributed by atoms with Crippen molar-refractivity contribution in [1.29, 1.82) is 0 Å². The number of hydrogen-bond acceptors (Lipinski definition) is 2. The van der Waals surface area contributed by atoms with E-state index in [0.29, 0.717) is 6.04 Å². The van der Waals surface area contributed by atoms with Gasteiger partial charge in [0, 0.05) is 12.1 Å². The molecule has 1 aliphatic rings. The molecule has 19 heavy (non-hydrogen) atoms. The highest BCUT2D eigenvalue weighted by Crippen LogP contribution is 2.27. The van der Waals surface area contributed by atoms with E-state index in [1.807, 2.05) is 0 Å². The quantitative estimate of drug-likeness (QED) is 0.537. The van der Waals surface area contributed by atoms with Gasteiger partial charge >= 0.3 is 0 Å². The highest BCUT2D eigenvalue weighted by Gasteiger charge is 2.27. The lowest BCUT2D eigenvalue weighted by Crippen LogP contribution is -2.29. The Morgan fingerprint density at radius 3 is 2.21 bits per heavy atom. The van der Waals surface area contributed by atoms with E-state index in [0.717, 1.165) is 12.0 Å². The van der Waals surface area contributed by atoms with Gasteiger partial charge in [-0.1, -0.05) is 40.5 Å². The Morgan fingerprint density at radius 1 is 0.947 bits per heavy atom. The van der Waals surface area contributed by atoms with E-state index < -0.39 is 0 Å². The van der Waals surface area contributed by atoms with E-state index >= 15 is 0 Å². The third-order valence-electron chi connectivity index (χ3n) is 3.98. The molecule has 1 aliphatic carbocycles. The standard InChI is InChI=1S/C17H36N2/c1-15(2)11-14-19(17-9-10-17)13-8-6-5-7-12-18-16(3)4/h15-18H,5-14H2,1-4H3. The van der Waals surface area contributed by atoms with Gasteiger partial charge in [0.1, 0.15) is 0 Å². The first-order chi connectivity index (χ1) is 9.09. The first-order valence-electron chi connectivity index (χ1n) is 8.57. The molecule has 0 atom stereocenters. The summed E-state index contributed by atoms with van der Waals surface area (Å²) in [5.74, 6) is 0.850. The van der Waals surface area contributed by atoms with Crippen molar-refractivity contribution in [3.8, 4) is 0 Å². The zero-order valence-electron chi connectivity index (χ0n) is 13.8. The Labute approximate surface area is 121 Å². The van der Waals surface area contributed by atoms with Crippen LogP contribution in [0.4, 0.5) is 0 Å². The van der Waals surface area contributed by atoms with Gasteiger partial charge in [0.05, 0.1) is 0 Å². The predicted molar refractivity (Wildman–Crippen MR) is 85.7 cm³/mol. The van der Waals surface area contributed by atoms with Crippen molar-refractivity contribution in [2.24, 2.45) is 5.92 Å². The average Bonchev–Trinajstić information content (AvgIpc) is 3.15. The van der Waals surface area contributed by atoms with Crippen molar-refractivity contribution in [3.63, 3.8) is 0 Å². The van der Waals surface area contributed by atoms with Crippen LogP contribution in [0, 0.1) is 5.92 Å². The molecule has 2 nitrogen and oxygen atoms in total. The molecule has 0 bridgehead atoms. The predicted octanol–water partition coefficient (Wildman–Crippen LogP) is 4.06. The molecule has 0 aromatic heterocycles. The van der Waals surface area contributed by atoms with Crippen molar-refractivity contribution < 1.29 is 0 Å². The molecule has 0 aromatic rings. The molecule has 1 rings (SSSR count). The topological polar surface area (TPSA) is 15.3 Å². The summed E-state index contributed by atoms with van der Waals surface area (Å²) in [6.07, 6.45) is 9.82. The second kappa shape index (κ2) is 9.77. The molecule has 0 unspecified atom stereocenters. The molecule has 1 fully saturated rings. The van der Waals surface area contributed by atoms with Gasteiger partial charge in [-0.15, -0.1) is 0 Å². The summed E-state index contributed by atoms with van der Waals surface area (Å²) in [6, 6.07) is 1.59. The van der Waals surface area contributed by atoms with Crippen LogP contribution >= 0.6 is 0 Å². The normalized spacial score (nSPS) is 15.9. The zero-order chi connectivity index (χ0) is 14.1. The molecule has 0 aromatic carbocycles. The second-order valence-electron chi connectivity index (χ2n) is 6.97. The Bertz CT molecular complexity index is 209. The smallest absolute Gasteiger partial charge is 0.00964 e. The fourth-order valence-electron chi connectivity index (χ4n) is 2.52. The third-order valence-corrected chi connectivity index (χ3v) is 3.98. The van der Waals surface area contributed by atoms with Crippen molar-refractivity contribution in [1.82, 2.24) is 10.2 Å². The van der Waals surface area contributed by atoms with Gasteiger partial charge in [-0.25, -0.2) is 0 Å². The average molecular weight is 268 g/mol. The minimum Gasteiger partial charge on any atom is -0.315 e. The fourth-order valence-corrected chi connectivity index (χ4v) is 2.52. The third kappa shape index (κ3) is 9.45. The summed E-state index contributed by atoms with van der Waals surface area (Å²) >= 11 is 0. The number of hydrogen-bond donors (Lipinski definition) is 1. The van der Waals surface area contributed by atoms with E-state index in [9.17, 15) is 0 Å². The van der Waals surface area contributed by atoms with Gasteiger partial charge < -0.3 is 10.2 Å². The van der Waals surface area contributed by atoms with Crippen LogP contribution in [0.15, 0.2) is 0 Å². The van der Waals surface area contributed by atoms with Crippen molar-refractivity contribution >= 4 is 0 Å². The highest BCUT2D eigenvalue weighted by atomic mass is 15.2. The first kappa shape index (κ1) is 17.0. The first-order valence-corrected chi connectivity index (χ1v) is 8.57. The Balaban J connectivity index is 1.96. The van der Waals surface area contributed by atoms with E-state index in [2.05, 4.69) is 37.9 Å². The van der Waals surface area contributed by atoms with Gasteiger partial charge in [-0.2, -0.15) is 0 Å². The number of nitrogens with zero attached hydrogens (tertiary/aromatic N) is 1. The molecule has 2 heteroatoms. The van der Waals surface area contributed by atoms with Gasteiger partial charge in [0.25, 0.3) is 0 Å².